The van der Waals surface area contributed by atoms with Crippen LogP contribution >= 0.6 is 0 Å². The van der Waals surface area contributed by atoms with Crippen molar-refractivity contribution >= 4 is 11.6 Å². The van der Waals surface area contributed by atoms with E-state index in [0.717, 1.165) is 70.6 Å². The molecule has 8 fully saturated rings. The van der Waals surface area contributed by atoms with Crippen molar-refractivity contribution < 1.29 is 38.7 Å². The van der Waals surface area contributed by atoms with Gasteiger partial charge in [-0.05, 0) is 162 Å². The van der Waals surface area contributed by atoms with Gasteiger partial charge in [-0.25, -0.2) is 0 Å². The lowest BCUT2D eigenvalue weighted by molar-refractivity contribution is -0.243. The van der Waals surface area contributed by atoms with Crippen molar-refractivity contribution in [1.82, 2.24) is 0 Å². The topological polar surface area (TPSA) is 112 Å². The largest absolute Gasteiger partial charge is 0.390 e. The molecule has 10 rings (SSSR count). The molecule has 2 N–H and O–H groups in total. The Morgan fingerprint density at radius 3 is 1.95 bits per heavy atom. The van der Waals surface area contributed by atoms with Gasteiger partial charge in [-0.2, -0.15) is 0 Å². The highest BCUT2D eigenvalue weighted by Gasteiger charge is 2.69. The van der Waals surface area contributed by atoms with Gasteiger partial charge in [0.05, 0.1) is 37.6 Å². The number of hydrogen-bond donors (Lipinski definition) is 2. The Hall–Kier alpha value is -1.42. The van der Waals surface area contributed by atoms with Crippen LogP contribution in [0.25, 0.3) is 0 Å². The Labute approximate surface area is 336 Å². The molecule has 0 aromatic heterocycles. The van der Waals surface area contributed by atoms with Gasteiger partial charge in [-0.3, -0.25) is 9.59 Å². The predicted octanol–water partition coefficient (Wildman–Crippen LogP) is 8.52. The third-order valence-electron chi connectivity index (χ3n) is 19.3. The Morgan fingerprint density at radius 1 is 0.679 bits per heavy atom. The van der Waals surface area contributed by atoms with Crippen LogP contribution in [0, 0.1) is 69.0 Å². The Balaban J connectivity index is 0.000000150. The van der Waals surface area contributed by atoms with Crippen LogP contribution in [-0.4, -0.2) is 71.0 Å². The number of Topliss-reactive ketones (excluding diaryl/α,β-unsaturated/α-hetero) is 1. The summed E-state index contributed by atoms with van der Waals surface area (Å²) in [4.78, 5) is 24.2. The molecule has 56 heavy (non-hydrogen) atoms. The number of allylic oxidation sites excluding steroid dienone is 2. The number of ether oxygens (including phenoxy) is 4. The Kier molecular flexibility index (Phi) is 9.32. The average Bonchev–Trinajstić information content (AvgIpc) is 3.90. The summed E-state index contributed by atoms with van der Waals surface area (Å²) in [6.45, 7) is 20.2. The molecule has 10 aliphatic rings. The van der Waals surface area contributed by atoms with Crippen molar-refractivity contribution in [2.75, 3.05) is 26.4 Å². The van der Waals surface area contributed by atoms with E-state index >= 15 is 0 Å². The van der Waals surface area contributed by atoms with E-state index in [1.807, 2.05) is 13.0 Å². The van der Waals surface area contributed by atoms with E-state index in [2.05, 4.69) is 47.6 Å². The zero-order valence-electron chi connectivity index (χ0n) is 35.8. The normalized spacial score (nSPS) is 52.3. The summed E-state index contributed by atoms with van der Waals surface area (Å²) >= 11 is 0. The molecule has 2 heterocycles. The van der Waals surface area contributed by atoms with Crippen molar-refractivity contribution in [2.45, 2.75) is 168 Å². The fourth-order valence-electron chi connectivity index (χ4n) is 17.7. The monoisotopic (exact) mass is 777 g/mol. The molecular weight excluding hydrogens is 705 g/mol. The molecule has 312 valence electrons. The summed E-state index contributed by atoms with van der Waals surface area (Å²) in [6, 6.07) is 0. The lowest BCUT2D eigenvalue weighted by atomic mass is 9.43. The lowest BCUT2D eigenvalue weighted by Gasteiger charge is -2.64. The second-order valence-electron chi connectivity index (χ2n) is 22.4. The highest BCUT2D eigenvalue weighted by atomic mass is 16.7. The molecule has 8 aliphatic carbocycles. The number of carbonyl (C=O) groups excluding carboxylic acids is 2. The maximum Gasteiger partial charge on any atom is 0.172 e. The van der Waals surface area contributed by atoms with Gasteiger partial charge in [-0.1, -0.05) is 44.9 Å². The van der Waals surface area contributed by atoms with Crippen molar-refractivity contribution in [3.8, 4) is 0 Å². The van der Waals surface area contributed by atoms with E-state index in [4.69, 9.17) is 18.9 Å². The number of aliphatic hydroxyl groups is 2. The minimum Gasteiger partial charge on any atom is -0.390 e. The van der Waals surface area contributed by atoms with Crippen LogP contribution in [0.2, 0.25) is 0 Å². The quantitative estimate of drug-likeness (QED) is 0.269. The van der Waals surface area contributed by atoms with Gasteiger partial charge in [0.15, 0.2) is 17.4 Å². The molecule has 0 bridgehead atoms. The van der Waals surface area contributed by atoms with Crippen LogP contribution in [0.1, 0.15) is 145 Å². The highest BCUT2D eigenvalue weighted by Crippen LogP contribution is 2.72. The first-order chi connectivity index (χ1) is 26.2. The zero-order chi connectivity index (χ0) is 39.9. The van der Waals surface area contributed by atoms with Gasteiger partial charge < -0.3 is 29.2 Å². The fraction of sp³-hybridized carbons (Fsp3) is 0.875. The Morgan fingerprint density at radius 2 is 1.27 bits per heavy atom. The predicted molar refractivity (Wildman–Crippen MR) is 213 cm³/mol. The molecule has 0 aromatic rings. The number of ketones is 2. The molecule has 14 atom stereocenters. The van der Waals surface area contributed by atoms with Crippen LogP contribution in [0.5, 0.6) is 0 Å². The van der Waals surface area contributed by atoms with Gasteiger partial charge in [0.25, 0.3) is 0 Å². The SMILES string of the molecule is CC(=O)[C@H]1CC[C@H]2[C@@H]3CCC4=CC(=O)CC[C@]4(C)[C@H]3[C@@](C)(O)C[C@]12C.CC1([C@H]2CC[C@H]3[C@@H]4CC=C5CC6(CC[C@]5(C)[C@H]4[C@@](C)(O)C[C@]23C)OCCO6)OCCO1. The van der Waals surface area contributed by atoms with E-state index in [-0.39, 0.29) is 45.2 Å². The maximum atomic E-state index is 12.3. The van der Waals surface area contributed by atoms with Crippen molar-refractivity contribution in [3.05, 3.63) is 23.3 Å². The minimum atomic E-state index is -0.775. The van der Waals surface area contributed by atoms with E-state index in [1.54, 1.807) is 6.92 Å². The van der Waals surface area contributed by atoms with E-state index in [9.17, 15) is 19.8 Å². The summed E-state index contributed by atoms with van der Waals surface area (Å²) in [5.74, 6) is 2.69. The summed E-state index contributed by atoms with van der Waals surface area (Å²) in [5, 5.41) is 23.7. The molecule has 0 amide bonds. The first kappa shape index (κ1) is 40.0. The number of fused-ring (bicyclic) bond motifs is 10. The van der Waals surface area contributed by atoms with Gasteiger partial charge >= 0.3 is 0 Å². The molecule has 2 aliphatic heterocycles. The summed E-state index contributed by atoms with van der Waals surface area (Å²) in [5.41, 5.74) is 1.20. The molecule has 1 spiro atoms. The third-order valence-corrected chi connectivity index (χ3v) is 19.3. The molecule has 8 nitrogen and oxygen atoms in total. The van der Waals surface area contributed by atoms with Crippen molar-refractivity contribution in [3.63, 3.8) is 0 Å². The lowest BCUT2D eigenvalue weighted by Crippen LogP contribution is -2.63. The van der Waals surface area contributed by atoms with Crippen LogP contribution in [-0.2, 0) is 28.5 Å². The summed E-state index contributed by atoms with van der Waals surface area (Å²) in [7, 11) is 0. The molecule has 8 heteroatoms. The Bertz CT molecular complexity index is 1680. The first-order valence-corrected chi connectivity index (χ1v) is 22.7. The maximum absolute atomic E-state index is 12.3. The van der Waals surface area contributed by atoms with Crippen molar-refractivity contribution in [2.24, 2.45) is 69.0 Å². The van der Waals surface area contributed by atoms with E-state index in [0.29, 0.717) is 74.6 Å². The second kappa shape index (κ2) is 13.0. The standard InChI is InChI=1S/C26H40O5.C22H32O3/c1-22-9-10-26(30-13-14-31-26)15-17(22)5-6-18-19-7-8-20(25(4)28-11-12-29-25)23(19,2)16-24(3,27)21(18)22;1-13(23)17-7-8-18-16-6-5-14-11-15(24)9-10-20(14,2)19(16)22(4,25)12-21(17,18)3/h5,18-21,27H,6-16H2,1-4H3;11,16-19,25H,5-10,12H2,1-4H3/t18-,19-,20-,21-,22-,23-,24-;16-,17+,18-,19-,20-,21+,22-/m00/s1. The molecule has 0 radical (unpaired) electrons. The average molecular weight is 777 g/mol. The van der Waals surface area contributed by atoms with Crippen molar-refractivity contribution in [1.29, 1.82) is 0 Å². The smallest absolute Gasteiger partial charge is 0.172 e. The van der Waals surface area contributed by atoms with Gasteiger partial charge in [0, 0.05) is 31.1 Å². The van der Waals surface area contributed by atoms with Crippen LogP contribution in [0.4, 0.5) is 0 Å². The third kappa shape index (κ3) is 5.71. The van der Waals surface area contributed by atoms with Gasteiger partial charge in [0.2, 0.25) is 0 Å². The minimum absolute atomic E-state index is 0.0245. The van der Waals surface area contributed by atoms with E-state index in [1.165, 1.54) is 17.6 Å². The van der Waals surface area contributed by atoms with Crippen LogP contribution in [0.3, 0.4) is 0 Å². The summed E-state index contributed by atoms with van der Waals surface area (Å²) in [6.07, 6.45) is 17.8. The van der Waals surface area contributed by atoms with Gasteiger partial charge in [0.1, 0.15) is 5.78 Å². The van der Waals surface area contributed by atoms with Crippen LogP contribution < -0.4 is 0 Å². The molecule has 6 saturated carbocycles. The second-order valence-corrected chi connectivity index (χ2v) is 22.4. The summed E-state index contributed by atoms with van der Waals surface area (Å²) < 4.78 is 24.5. The molecular formula is C48H72O8. The number of rotatable bonds is 2. The molecule has 0 unspecified atom stereocenters. The number of carbonyl (C=O) groups is 2. The number of hydrogen-bond acceptors (Lipinski definition) is 8. The first-order valence-electron chi connectivity index (χ1n) is 22.7. The molecule has 0 aromatic carbocycles. The zero-order valence-corrected chi connectivity index (χ0v) is 35.8. The van der Waals surface area contributed by atoms with E-state index < -0.39 is 22.8 Å². The van der Waals surface area contributed by atoms with Gasteiger partial charge in [-0.15, -0.1) is 0 Å². The highest BCUT2D eigenvalue weighted by molar-refractivity contribution is 5.91. The molecule has 2 saturated heterocycles. The van der Waals surface area contributed by atoms with Crippen LogP contribution in [0.15, 0.2) is 23.3 Å². The fourth-order valence-corrected chi connectivity index (χ4v) is 17.7.